The summed E-state index contributed by atoms with van der Waals surface area (Å²) in [6.45, 7) is 1.78. The largest absolute Gasteiger partial charge is 0.506 e. The van der Waals surface area contributed by atoms with Crippen molar-refractivity contribution in [3.63, 3.8) is 0 Å². The van der Waals surface area contributed by atoms with Crippen LogP contribution in [0.3, 0.4) is 0 Å². The van der Waals surface area contributed by atoms with Gasteiger partial charge in [-0.2, -0.15) is 0 Å². The maximum atomic E-state index is 13.2. The van der Waals surface area contributed by atoms with Crippen LogP contribution in [0.4, 0.5) is 10.1 Å². The highest BCUT2D eigenvalue weighted by molar-refractivity contribution is 6.09. The number of anilines is 1. The van der Waals surface area contributed by atoms with E-state index in [0.717, 1.165) is 11.6 Å². The Morgan fingerprint density at radius 1 is 1.22 bits per heavy atom. The molecule has 3 rings (SSSR count). The number of fused-ring (bicyclic) bond motifs is 1. The van der Waals surface area contributed by atoms with Gasteiger partial charge in [0.05, 0.1) is 5.52 Å². The normalized spacial score (nSPS) is 10.7. The minimum Gasteiger partial charge on any atom is -0.506 e. The van der Waals surface area contributed by atoms with Crippen LogP contribution in [0.1, 0.15) is 15.9 Å². The van der Waals surface area contributed by atoms with Crippen molar-refractivity contribution in [2.45, 2.75) is 6.92 Å². The molecule has 1 heterocycles. The van der Waals surface area contributed by atoms with Crippen molar-refractivity contribution < 1.29 is 14.3 Å². The molecule has 1 aromatic heterocycles. The van der Waals surface area contributed by atoms with Gasteiger partial charge in [0.15, 0.2) is 0 Å². The zero-order valence-electron chi connectivity index (χ0n) is 12.2. The van der Waals surface area contributed by atoms with Crippen molar-refractivity contribution in [2.75, 3.05) is 5.32 Å². The van der Waals surface area contributed by atoms with E-state index in [0.29, 0.717) is 10.9 Å². The number of halogens is 1. The number of nitrogens with one attached hydrogen (secondary N) is 2. The Bertz CT molecular complexity index is 979. The number of benzene rings is 2. The number of carbonyl (C=O) groups excluding carboxylic acids is 1. The van der Waals surface area contributed by atoms with E-state index in [9.17, 15) is 19.1 Å². The quantitative estimate of drug-likeness (QED) is 0.680. The van der Waals surface area contributed by atoms with Crippen LogP contribution in [0.15, 0.2) is 47.3 Å². The van der Waals surface area contributed by atoms with E-state index in [1.54, 1.807) is 25.1 Å². The molecule has 0 spiro atoms. The van der Waals surface area contributed by atoms with E-state index in [1.165, 1.54) is 18.2 Å². The Kier molecular flexibility index (Phi) is 3.57. The molecule has 116 valence electrons. The molecule has 0 fully saturated rings. The van der Waals surface area contributed by atoms with E-state index in [-0.39, 0.29) is 5.69 Å². The predicted molar refractivity (Wildman–Crippen MR) is 85.3 cm³/mol. The van der Waals surface area contributed by atoms with Gasteiger partial charge >= 0.3 is 0 Å². The smallest absolute Gasteiger partial charge is 0.265 e. The molecule has 6 heteroatoms. The molecule has 1 amide bonds. The van der Waals surface area contributed by atoms with Crippen molar-refractivity contribution in [1.29, 1.82) is 0 Å². The molecule has 0 unspecified atom stereocenters. The number of carbonyl (C=O) groups is 1. The summed E-state index contributed by atoms with van der Waals surface area (Å²) in [5, 5.41) is 13.1. The molecule has 0 aliphatic heterocycles. The molecule has 0 saturated carbocycles. The number of aryl methyl sites for hydroxylation is 1. The molecule has 0 bridgehead atoms. The average Bonchev–Trinajstić information content (AvgIpc) is 2.48. The SMILES string of the molecule is Cc1cccc2c(O)c(C(=O)Nc3cccc(F)c3)c(=O)[nH]c12. The molecule has 23 heavy (non-hydrogen) atoms. The van der Waals surface area contributed by atoms with Crippen molar-refractivity contribution in [3.8, 4) is 5.75 Å². The minimum atomic E-state index is -0.808. The Labute approximate surface area is 130 Å². The lowest BCUT2D eigenvalue weighted by atomic mass is 10.1. The molecule has 0 saturated heterocycles. The summed E-state index contributed by atoms with van der Waals surface area (Å²) in [4.78, 5) is 27.0. The van der Waals surface area contributed by atoms with E-state index < -0.39 is 28.6 Å². The van der Waals surface area contributed by atoms with Crippen LogP contribution in [0.5, 0.6) is 5.75 Å². The third-order valence-corrected chi connectivity index (χ3v) is 3.54. The molecular weight excluding hydrogens is 299 g/mol. The molecule has 2 aromatic carbocycles. The first kappa shape index (κ1) is 14.8. The number of para-hydroxylation sites is 1. The highest BCUT2D eigenvalue weighted by atomic mass is 19.1. The van der Waals surface area contributed by atoms with Crippen LogP contribution < -0.4 is 10.9 Å². The second-order valence-electron chi connectivity index (χ2n) is 5.14. The molecule has 5 nitrogen and oxygen atoms in total. The predicted octanol–water partition coefficient (Wildman–Crippen LogP) is 2.93. The number of aromatic nitrogens is 1. The fraction of sp³-hybridized carbons (Fsp3) is 0.0588. The highest BCUT2D eigenvalue weighted by Crippen LogP contribution is 2.27. The van der Waals surface area contributed by atoms with E-state index >= 15 is 0 Å². The fourth-order valence-corrected chi connectivity index (χ4v) is 2.42. The monoisotopic (exact) mass is 312 g/mol. The Morgan fingerprint density at radius 2 is 1.96 bits per heavy atom. The van der Waals surface area contributed by atoms with E-state index in [2.05, 4.69) is 10.3 Å². The number of aromatic amines is 1. The Morgan fingerprint density at radius 3 is 2.70 bits per heavy atom. The number of rotatable bonds is 2. The summed E-state index contributed by atoms with van der Waals surface area (Å²) in [7, 11) is 0. The number of H-pyrrole nitrogens is 1. The number of aromatic hydroxyl groups is 1. The van der Waals surface area contributed by atoms with Crippen molar-refractivity contribution in [2.24, 2.45) is 0 Å². The molecule has 0 aliphatic rings. The maximum Gasteiger partial charge on any atom is 0.265 e. The van der Waals surface area contributed by atoms with E-state index in [4.69, 9.17) is 0 Å². The summed E-state index contributed by atoms with van der Waals surface area (Å²) in [6, 6.07) is 10.4. The molecule has 3 aromatic rings. The number of pyridine rings is 1. The first-order valence-corrected chi connectivity index (χ1v) is 6.89. The van der Waals surface area contributed by atoms with Crippen molar-refractivity contribution >= 4 is 22.5 Å². The molecule has 0 atom stereocenters. The second kappa shape index (κ2) is 5.57. The van der Waals surface area contributed by atoms with Gasteiger partial charge in [-0.1, -0.05) is 18.2 Å². The topological polar surface area (TPSA) is 82.2 Å². The van der Waals surface area contributed by atoms with Gasteiger partial charge in [-0.25, -0.2) is 4.39 Å². The van der Waals surface area contributed by atoms with E-state index in [1.807, 2.05) is 0 Å². The molecule has 0 radical (unpaired) electrons. The molecule has 0 aliphatic carbocycles. The Hall–Kier alpha value is -3.15. The Balaban J connectivity index is 2.09. The van der Waals surface area contributed by atoms with Gasteiger partial charge in [-0.05, 0) is 36.8 Å². The third kappa shape index (κ3) is 2.66. The lowest BCUT2D eigenvalue weighted by Crippen LogP contribution is -2.23. The molecular formula is C17H13FN2O3. The van der Waals surface area contributed by atoms with Gasteiger partial charge in [-0.3, -0.25) is 9.59 Å². The summed E-state index contributed by atoms with van der Waals surface area (Å²) >= 11 is 0. The van der Waals surface area contributed by atoms with Gasteiger partial charge in [0.2, 0.25) is 0 Å². The fourth-order valence-electron chi connectivity index (χ4n) is 2.42. The minimum absolute atomic E-state index is 0.193. The maximum absolute atomic E-state index is 13.2. The van der Waals surface area contributed by atoms with Crippen LogP contribution in [-0.4, -0.2) is 16.0 Å². The van der Waals surface area contributed by atoms with Crippen LogP contribution in [0.25, 0.3) is 10.9 Å². The summed E-state index contributed by atoms with van der Waals surface area (Å²) in [6.07, 6.45) is 0. The summed E-state index contributed by atoms with van der Waals surface area (Å²) in [5.41, 5.74) is 0.313. The summed E-state index contributed by atoms with van der Waals surface area (Å²) in [5.74, 6) is -1.73. The van der Waals surface area contributed by atoms with Crippen LogP contribution in [0, 0.1) is 12.7 Å². The van der Waals surface area contributed by atoms with Crippen LogP contribution in [0.2, 0.25) is 0 Å². The van der Waals surface area contributed by atoms with Gasteiger partial charge in [0, 0.05) is 11.1 Å². The van der Waals surface area contributed by atoms with Crippen LogP contribution >= 0.6 is 0 Å². The lowest BCUT2D eigenvalue weighted by molar-refractivity contribution is 0.102. The highest BCUT2D eigenvalue weighted by Gasteiger charge is 2.19. The zero-order chi connectivity index (χ0) is 16.6. The standard InChI is InChI=1S/C17H13FN2O3/c1-9-4-2-7-12-14(9)20-17(23)13(15(12)21)16(22)19-11-6-3-5-10(18)8-11/h2-8H,1H3,(H,19,22)(H2,20,21,23). The average molecular weight is 312 g/mol. The van der Waals surface area contributed by atoms with Gasteiger partial charge < -0.3 is 15.4 Å². The zero-order valence-corrected chi connectivity index (χ0v) is 12.2. The van der Waals surface area contributed by atoms with Gasteiger partial charge in [0.25, 0.3) is 11.5 Å². The van der Waals surface area contributed by atoms with Crippen LogP contribution in [-0.2, 0) is 0 Å². The molecule has 3 N–H and O–H groups in total. The number of hydrogen-bond donors (Lipinski definition) is 3. The third-order valence-electron chi connectivity index (χ3n) is 3.54. The second-order valence-corrected chi connectivity index (χ2v) is 5.14. The lowest BCUT2D eigenvalue weighted by Gasteiger charge is -2.09. The van der Waals surface area contributed by atoms with Crippen molar-refractivity contribution in [1.82, 2.24) is 4.98 Å². The van der Waals surface area contributed by atoms with Crippen molar-refractivity contribution in [3.05, 3.63) is 69.8 Å². The first-order chi connectivity index (χ1) is 11.0. The van der Waals surface area contributed by atoms with Gasteiger partial charge in [0.1, 0.15) is 17.1 Å². The first-order valence-electron chi connectivity index (χ1n) is 6.89. The van der Waals surface area contributed by atoms with Gasteiger partial charge in [-0.15, -0.1) is 0 Å². The number of hydrogen-bond acceptors (Lipinski definition) is 3. The number of amides is 1. The summed E-state index contributed by atoms with van der Waals surface area (Å²) < 4.78 is 13.2.